The number of anilines is 1. The summed E-state index contributed by atoms with van der Waals surface area (Å²) < 4.78 is 0. The fourth-order valence-electron chi connectivity index (χ4n) is 2.44. The van der Waals surface area contributed by atoms with Gasteiger partial charge in [0, 0.05) is 10.3 Å². The van der Waals surface area contributed by atoms with Crippen molar-refractivity contribution < 1.29 is 9.59 Å². The standard InChI is InChI=1S/C18H19N3O2S3/c1-11(2)16(13-5-3-7-24-13)20-15(22)9-12-10-26-18(19-12)21-17(23)14-6-4-8-25-14/h3-8,10-11,16H,9H2,1-2H3,(H,20,22)(H,19,21,23). The predicted molar refractivity (Wildman–Crippen MR) is 108 cm³/mol. The van der Waals surface area contributed by atoms with Crippen LogP contribution in [0.3, 0.4) is 0 Å². The molecule has 1 unspecified atom stereocenters. The molecule has 0 saturated carbocycles. The van der Waals surface area contributed by atoms with Gasteiger partial charge < -0.3 is 5.32 Å². The summed E-state index contributed by atoms with van der Waals surface area (Å²) >= 11 is 4.34. The maximum absolute atomic E-state index is 12.4. The fourth-order valence-corrected chi connectivity index (χ4v) is 4.71. The third kappa shape index (κ3) is 4.78. The number of nitrogens with one attached hydrogen (secondary N) is 2. The lowest BCUT2D eigenvalue weighted by molar-refractivity contribution is -0.121. The number of aromatic nitrogens is 1. The van der Waals surface area contributed by atoms with Crippen LogP contribution < -0.4 is 10.6 Å². The van der Waals surface area contributed by atoms with E-state index < -0.39 is 0 Å². The summed E-state index contributed by atoms with van der Waals surface area (Å²) in [5, 5.41) is 12.0. The minimum atomic E-state index is -0.178. The molecule has 3 aromatic rings. The molecular formula is C18H19N3O2S3. The Morgan fingerprint density at radius 2 is 1.88 bits per heavy atom. The van der Waals surface area contributed by atoms with Crippen LogP contribution in [-0.2, 0) is 11.2 Å². The first-order chi connectivity index (χ1) is 12.5. The average Bonchev–Trinajstić information content (AvgIpc) is 3.35. The molecule has 3 aromatic heterocycles. The van der Waals surface area contributed by atoms with Crippen molar-refractivity contribution >= 4 is 51.0 Å². The molecular weight excluding hydrogens is 386 g/mol. The number of hydrogen-bond acceptors (Lipinski definition) is 6. The van der Waals surface area contributed by atoms with E-state index in [2.05, 4.69) is 29.5 Å². The van der Waals surface area contributed by atoms with Crippen LogP contribution in [0.2, 0.25) is 0 Å². The van der Waals surface area contributed by atoms with Crippen LogP contribution in [0.5, 0.6) is 0 Å². The van der Waals surface area contributed by atoms with Crippen LogP contribution in [0.1, 0.15) is 40.1 Å². The molecule has 0 spiro atoms. The topological polar surface area (TPSA) is 71.1 Å². The van der Waals surface area contributed by atoms with E-state index in [4.69, 9.17) is 0 Å². The Hall–Kier alpha value is -2.03. The summed E-state index contributed by atoms with van der Waals surface area (Å²) in [5.74, 6) is 0.0510. The summed E-state index contributed by atoms with van der Waals surface area (Å²) in [6, 6.07) is 7.62. The highest BCUT2D eigenvalue weighted by atomic mass is 32.1. The van der Waals surface area contributed by atoms with Gasteiger partial charge in [0.2, 0.25) is 5.91 Å². The highest BCUT2D eigenvalue weighted by molar-refractivity contribution is 7.14. The summed E-state index contributed by atoms with van der Waals surface area (Å²) in [4.78, 5) is 30.6. The first kappa shape index (κ1) is 18.8. The molecule has 2 amide bonds. The second-order valence-electron chi connectivity index (χ2n) is 6.06. The van der Waals surface area contributed by atoms with Crippen molar-refractivity contribution in [3.63, 3.8) is 0 Å². The number of thiazole rings is 1. The molecule has 5 nitrogen and oxygen atoms in total. The maximum Gasteiger partial charge on any atom is 0.267 e. The molecule has 26 heavy (non-hydrogen) atoms. The number of amides is 2. The third-order valence-electron chi connectivity index (χ3n) is 3.69. The average molecular weight is 406 g/mol. The summed E-state index contributed by atoms with van der Waals surface area (Å²) in [6.07, 6.45) is 0.194. The van der Waals surface area contributed by atoms with Gasteiger partial charge in [0.15, 0.2) is 5.13 Å². The molecule has 0 aromatic carbocycles. The number of rotatable bonds is 7. The zero-order chi connectivity index (χ0) is 18.5. The van der Waals surface area contributed by atoms with E-state index in [1.54, 1.807) is 22.8 Å². The Balaban J connectivity index is 1.58. The third-order valence-corrected chi connectivity index (χ3v) is 6.32. The second kappa shape index (κ2) is 8.57. The molecule has 8 heteroatoms. The van der Waals surface area contributed by atoms with E-state index in [-0.39, 0.29) is 24.3 Å². The number of thiophene rings is 2. The van der Waals surface area contributed by atoms with Crippen LogP contribution >= 0.6 is 34.0 Å². The van der Waals surface area contributed by atoms with Gasteiger partial charge in [-0.05, 0) is 28.8 Å². The van der Waals surface area contributed by atoms with Crippen molar-refractivity contribution in [3.05, 3.63) is 55.9 Å². The first-order valence-corrected chi connectivity index (χ1v) is 10.8. The number of hydrogen-bond donors (Lipinski definition) is 2. The Kier molecular flexibility index (Phi) is 6.18. The number of carbonyl (C=O) groups excluding carboxylic acids is 2. The second-order valence-corrected chi connectivity index (χ2v) is 8.84. The normalized spacial score (nSPS) is 12.1. The quantitative estimate of drug-likeness (QED) is 0.605. The molecule has 3 rings (SSSR count). The smallest absolute Gasteiger partial charge is 0.267 e. The summed E-state index contributed by atoms with van der Waals surface area (Å²) in [7, 11) is 0. The molecule has 0 saturated heterocycles. The van der Waals surface area contributed by atoms with Crippen molar-refractivity contribution in [2.45, 2.75) is 26.3 Å². The lowest BCUT2D eigenvalue weighted by atomic mass is 10.0. The lowest BCUT2D eigenvalue weighted by Gasteiger charge is -2.21. The van der Waals surface area contributed by atoms with E-state index in [0.717, 1.165) is 4.88 Å². The van der Waals surface area contributed by atoms with Crippen LogP contribution in [-0.4, -0.2) is 16.8 Å². The monoisotopic (exact) mass is 405 g/mol. The van der Waals surface area contributed by atoms with Gasteiger partial charge >= 0.3 is 0 Å². The minimum absolute atomic E-state index is 0.000799. The van der Waals surface area contributed by atoms with Gasteiger partial charge in [-0.2, -0.15) is 0 Å². The van der Waals surface area contributed by atoms with Crippen LogP contribution in [0.15, 0.2) is 40.4 Å². The van der Waals surface area contributed by atoms with Gasteiger partial charge in [-0.3, -0.25) is 14.9 Å². The molecule has 0 fully saturated rings. The first-order valence-electron chi connectivity index (χ1n) is 8.15. The van der Waals surface area contributed by atoms with E-state index in [9.17, 15) is 9.59 Å². The van der Waals surface area contributed by atoms with Crippen LogP contribution in [0.4, 0.5) is 5.13 Å². The highest BCUT2D eigenvalue weighted by Crippen LogP contribution is 2.26. The molecule has 0 aliphatic heterocycles. The molecule has 136 valence electrons. The maximum atomic E-state index is 12.4. The Labute approximate surface area is 164 Å². The molecule has 1 atom stereocenters. The molecule has 0 aliphatic carbocycles. The van der Waals surface area contributed by atoms with Gasteiger partial charge in [0.1, 0.15) is 0 Å². The van der Waals surface area contributed by atoms with Crippen molar-refractivity contribution in [1.29, 1.82) is 0 Å². The van der Waals surface area contributed by atoms with Crippen molar-refractivity contribution in [2.24, 2.45) is 5.92 Å². The largest absolute Gasteiger partial charge is 0.348 e. The zero-order valence-corrected chi connectivity index (χ0v) is 16.8. The van der Waals surface area contributed by atoms with E-state index in [0.29, 0.717) is 21.6 Å². The zero-order valence-electron chi connectivity index (χ0n) is 14.4. The minimum Gasteiger partial charge on any atom is -0.348 e. The van der Waals surface area contributed by atoms with Crippen LogP contribution in [0.25, 0.3) is 0 Å². The van der Waals surface area contributed by atoms with Gasteiger partial charge in [0.25, 0.3) is 5.91 Å². The van der Waals surface area contributed by atoms with Crippen molar-refractivity contribution in [1.82, 2.24) is 10.3 Å². The Bertz CT molecular complexity index is 854. The number of carbonyl (C=O) groups is 2. The van der Waals surface area contributed by atoms with E-state index in [1.807, 2.05) is 29.0 Å². The summed E-state index contributed by atoms with van der Waals surface area (Å²) in [5.41, 5.74) is 0.655. The van der Waals surface area contributed by atoms with E-state index in [1.165, 1.54) is 22.7 Å². The highest BCUT2D eigenvalue weighted by Gasteiger charge is 2.20. The molecule has 3 heterocycles. The number of nitrogens with zero attached hydrogens (tertiary/aromatic N) is 1. The molecule has 0 radical (unpaired) electrons. The molecule has 0 aliphatic rings. The van der Waals surface area contributed by atoms with Crippen molar-refractivity contribution in [2.75, 3.05) is 5.32 Å². The fraction of sp³-hybridized carbons (Fsp3) is 0.278. The lowest BCUT2D eigenvalue weighted by Crippen LogP contribution is -2.32. The van der Waals surface area contributed by atoms with Gasteiger partial charge in [-0.15, -0.1) is 34.0 Å². The SMILES string of the molecule is CC(C)C(NC(=O)Cc1csc(NC(=O)c2cccs2)n1)c1cccs1. The van der Waals surface area contributed by atoms with E-state index >= 15 is 0 Å². The van der Waals surface area contributed by atoms with Crippen molar-refractivity contribution in [3.8, 4) is 0 Å². The van der Waals surface area contributed by atoms with Gasteiger partial charge in [-0.1, -0.05) is 26.0 Å². The van der Waals surface area contributed by atoms with Crippen LogP contribution in [0, 0.1) is 5.92 Å². The molecule has 0 bridgehead atoms. The Morgan fingerprint density at radius 1 is 1.12 bits per heavy atom. The predicted octanol–water partition coefficient (Wildman–Crippen LogP) is 4.57. The summed E-state index contributed by atoms with van der Waals surface area (Å²) in [6.45, 7) is 4.18. The molecule has 2 N–H and O–H groups in total. The van der Waals surface area contributed by atoms with Gasteiger partial charge in [0.05, 0.1) is 23.0 Å². The van der Waals surface area contributed by atoms with Gasteiger partial charge in [-0.25, -0.2) is 4.98 Å². The Morgan fingerprint density at radius 3 is 2.54 bits per heavy atom.